The van der Waals surface area contributed by atoms with E-state index in [1.165, 1.54) is 19.0 Å². The zero-order valence-corrected chi connectivity index (χ0v) is 19.2. The molecule has 1 aromatic heterocycles. The minimum atomic E-state index is -0.260. The predicted molar refractivity (Wildman–Crippen MR) is 123 cm³/mol. The van der Waals surface area contributed by atoms with Gasteiger partial charge in [-0.3, -0.25) is 4.99 Å². The molecule has 0 aromatic carbocycles. The third kappa shape index (κ3) is 6.70. The summed E-state index contributed by atoms with van der Waals surface area (Å²) in [6, 6.07) is 3.33. The van der Waals surface area contributed by atoms with Gasteiger partial charge in [-0.15, -0.1) is 24.0 Å². The Morgan fingerprint density at radius 1 is 1.29 bits per heavy atom. The molecule has 3 heterocycles. The van der Waals surface area contributed by atoms with Crippen molar-refractivity contribution in [3.63, 3.8) is 0 Å². The Kier molecular flexibility index (Phi) is 9.66. The summed E-state index contributed by atoms with van der Waals surface area (Å²) in [6.07, 6.45) is 3.81. The lowest BCUT2D eigenvalue weighted by Gasteiger charge is -2.22. The lowest BCUT2D eigenvalue weighted by atomic mass is 10.3. The lowest BCUT2D eigenvalue weighted by molar-refractivity contribution is 0.280. The maximum Gasteiger partial charge on any atom is 0.191 e. The smallest absolute Gasteiger partial charge is 0.191 e. The summed E-state index contributed by atoms with van der Waals surface area (Å²) in [5.74, 6) is 0.995. The van der Waals surface area contributed by atoms with Crippen molar-refractivity contribution < 1.29 is 4.39 Å². The molecule has 7 nitrogen and oxygen atoms in total. The van der Waals surface area contributed by atoms with Gasteiger partial charge in [0, 0.05) is 58.6 Å². The average molecular weight is 505 g/mol. The van der Waals surface area contributed by atoms with Crippen LogP contribution in [0.3, 0.4) is 0 Å². The van der Waals surface area contributed by atoms with Gasteiger partial charge in [-0.25, -0.2) is 9.37 Å². The van der Waals surface area contributed by atoms with E-state index >= 15 is 0 Å². The van der Waals surface area contributed by atoms with Crippen LogP contribution in [0.1, 0.15) is 12.8 Å². The molecule has 2 fully saturated rings. The minimum absolute atomic E-state index is 0. The van der Waals surface area contributed by atoms with Gasteiger partial charge in [-0.05, 0) is 45.1 Å². The highest BCUT2D eigenvalue weighted by molar-refractivity contribution is 14.0. The molecular formula is C19H33FIN7. The monoisotopic (exact) mass is 505 g/mol. The number of guanidine groups is 1. The van der Waals surface area contributed by atoms with Gasteiger partial charge >= 0.3 is 0 Å². The second-order valence-electron chi connectivity index (χ2n) is 7.38. The topological polar surface area (TPSA) is 59.0 Å². The minimum Gasteiger partial charge on any atom is -0.355 e. The van der Waals surface area contributed by atoms with Crippen LogP contribution in [0.15, 0.2) is 23.3 Å². The maximum absolute atomic E-state index is 13.9. The Balaban J connectivity index is 0.00000280. The number of aliphatic imine (C=N–C) groups is 1. The van der Waals surface area contributed by atoms with Crippen LogP contribution in [0, 0.1) is 5.82 Å². The molecule has 2 aliphatic heterocycles. The van der Waals surface area contributed by atoms with E-state index in [0.717, 1.165) is 58.2 Å². The van der Waals surface area contributed by atoms with E-state index < -0.39 is 0 Å². The van der Waals surface area contributed by atoms with Crippen molar-refractivity contribution in [2.75, 3.05) is 71.4 Å². The maximum atomic E-state index is 13.9. The molecule has 0 spiro atoms. The largest absolute Gasteiger partial charge is 0.355 e. The first-order valence-corrected chi connectivity index (χ1v) is 9.89. The first-order valence-electron chi connectivity index (χ1n) is 9.89. The molecular weight excluding hydrogens is 472 g/mol. The number of nitrogens with one attached hydrogen (secondary N) is 2. The molecule has 0 bridgehead atoms. The zero-order valence-electron chi connectivity index (χ0n) is 16.9. The van der Waals surface area contributed by atoms with Crippen molar-refractivity contribution in [2.45, 2.75) is 18.9 Å². The number of nitrogens with zero attached hydrogens (tertiary/aromatic N) is 5. The fraction of sp³-hybridized carbons (Fsp3) is 0.684. The van der Waals surface area contributed by atoms with Gasteiger partial charge in [0.05, 0.1) is 0 Å². The van der Waals surface area contributed by atoms with E-state index in [9.17, 15) is 4.39 Å². The Morgan fingerprint density at radius 3 is 2.93 bits per heavy atom. The van der Waals surface area contributed by atoms with E-state index in [4.69, 9.17) is 0 Å². The summed E-state index contributed by atoms with van der Waals surface area (Å²) in [6.45, 7) is 8.01. The number of likely N-dealkylation sites (N-methyl/N-ethyl adjacent to an activating group) is 1. The summed E-state index contributed by atoms with van der Waals surface area (Å²) in [5, 5.41) is 6.88. The first-order chi connectivity index (χ1) is 13.2. The fourth-order valence-corrected chi connectivity index (χ4v) is 3.72. The molecule has 1 atom stereocenters. The summed E-state index contributed by atoms with van der Waals surface area (Å²) >= 11 is 0. The number of anilines is 1. The number of pyridine rings is 1. The third-order valence-corrected chi connectivity index (χ3v) is 5.32. The van der Waals surface area contributed by atoms with Gasteiger partial charge in [0.1, 0.15) is 0 Å². The Morgan fingerprint density at radius 2 is 2.14 bits per heavy atom. The van der Waals surface area contributed by atoms with Crippen LogP contribution in [0.4, 0.5) is 10.2 Å². The highest BCUT2D eigenvalue weighted by atomic mass is 127. The molecule has 0 amide bonds. The summed E-state index contributed by atoms with van der Waals surface area (Å²) in [7, 11) is 3.98. The summed E-state index contributed by atoms with van der Waals surface area (Å²) < 4.78 is 13.9. The summed E-state index contributed by atoms with van der Waals surface area (Å²) in [4.78, 5) is 15.4. The SMILES string of the molecule is CN=C(NCCN1CCCN(C)CC1)NC1CCN(c2ncccc2F)C1.I. The van der Waals surface area contributed by atoms with Crippen LogP contribution in [0.5, 0.6) is 0 Å². The standard InChI is InChI=1S/C19H32FN7.HI/c1-21-19(23-8-12-26-10-4-9-25(2)13-14-26)24-16-6-11-27(15-16)18-17(20)5-3-7-22-18;/h3,5,7,16H,4,6,8-15H2,1-2H3,(H2,21,23,24);1H. The molecule has 9 heteroatoms. The molecule has 1 aromatic rings. The number of hydrogen-bond acceptors (Lipinski definition) is 5. The van der Waals surface area contributed by atoms with Gasteiger partial charge < -0.3 is 25.3 Å². The molecule has 1 unspecified atom stereocenters. The number of hydrogen-bond donors (Lipinski definition) is 2. The van der Waals surface area contributed by atoms with Crippen molar-refractivity contribution in [3.05, 3.63) is 24.1 Å². The Bertz CT molecular complexity index is 630. The fourth-order valence-electron chi connectivity index (χ4n) is 3.72. The van der Waals surface area contributed by atoms with Crippen molar-refractivity contribution in [1.82, 2.24) is 25.4 Å². The molecule has 2 saturated heterocycles. The van der Waals surface area contributed by atoms with E-state index in [0.29, 0.717) is 5.82 Å². The highest BCUT2D eigenvalue weighted by Crippen LogP contribution is 2.20. The second kappa shape index (κ2) is 11.7. The van der Waals surface area contributed by atoms with Crippen molar-refractivity contribution in [3.8, 4) is 0 Å². The van der Waals surface area contributed by atoms with E-state index in [1.54, 1.807) is 19.3 Å². The molecule has 0 saturated carbocycles. The predicted octanol–water partition coefficient (Wildman–Crippen LogP) is 1.22. The third-order valence-electron chi connectivity index (χ3n) is 5.32. The highest BCUT2D eigenvalue weighted by Gasteiger charge is 2.25. The van der Waals surface area contributed by atoms with Gasteiger partial charge in [-0.1, -0.05) is 0 Å². The number of halogens is 2. The average Bonchev–Trinajstić information content (AvgIpc) is 3.03. The molecule has 0 radical (unpaired) electrons. The van der Waals surface area contributed by atoms with Gasteiger partial charge in [0.25, 0.3) is 0 Å². The molecule has 3 rings (SSSR count). The zero-order chi connectivity index (χ0) is 19.1. The number of rotatable bonds is 5. The number of aromatic nitrogens is 1. The summed E-state index contributed by atoms with van der Waals surface area (Å²) in [5.41, 5.74) is 0. The van der Waals surface area contributed by atoms with Gasteiger partial charge in [0.2, 0.25) is 0 Å². The van der Waals surface area contributed by atoms with E-state index in [1.807, 2.05) is 4.90 Å². The van der Waals surface area contributed by atoms with Crippen LogP contribution in [0.25, 0.3) is 0 Å². The van der Waals surface area contributed by atoms with Crippen LogP contribution in [-0.4, -0.2) is 93.2 Å². The van der Waals surface area contributed by atoms with Crippen LogP contribution in [-0.2, 0) is 0 Å². The first kappa shape index (κ1) is 23.1. The molecule has 2 N–H and O–H groups in total. The van der Waals surface area contributed by atoms with Crippen molar-refractivity contribution in [1.29, 1.82) is 0 Å². The molecule has 2 aliphatic rings. The lowest BCUT2D eigenvalue weighted by Crippen LogP contribution is -2.47. The molecule has 158 valence electrons. The second-order valence-corrected chi connectivity index (χ2v) is 7.38. The quantitative estimate of drug-likeness (QED) is 0.357. The van der Waals surface area contributed by atoms with Crippen LogP contribution in [0.2, 0.25) is 0 Å². The normalized spacial score (nSPS) is 21.9. The van der Waals surface area contributed by atoms with E-state index in [2.05, 4.69) is 37.5 Å². The molecule has 28 heavy (non-hydrogen) atoms. The Labute approximate surface area is 184 Å². The van der Waals surface area contributed by atoms with Crippen LogP contribution < -0.4 is 15.5 Å². The van der Waals surface area contributed by atoms with Crippen molar-refractivity contribution >= 4 is 35.8 Å². The van der Waals surface area contributed by atoms with Crippen molar-refractivity contribution in [2.24, 2.45) is 4.99 Å². The molecule has 0 aliphatic carbocycles. The van der Waals surface area contributed by atoms with Crippen LogP contribution >= 0.6 is 24.0 Å². The van der Waals surface area contributed by atoms with E-state index in [-0.39, 0.29) is 35.8 Å². The Hall–Kier alpha value is -1.20. The van der Waals surface area contributed by atoms with Gasteiger partial charge in [-0.2, -0.15) is 0 Å². The van der Waals surface area contributed by atoms with Gasteiger partial charge in [0.15, 0.2) is 17.6 Å².